The van der Waals surface area contributed by atoms with Crippen molar-refractivity contribution in [2.45, 2.75) is 33.1 Å². The Balaban J connectivity index is 0. The molecule has 0 fully saturated rings. The maximum atomic E-state index is 10.1. The molecule has 0 radical (unpaired) electrons. The number of amides is 1. The van der Waals surface area contributed by atoms with E-state index in [2.05, 4.69) is 4.72 Å². The smallest absolute Gasteiger partial charge is 0.226 e. The topological polar surface area (TPSA) is 49.3 Å². The summed E-state index contributed by atoms with van der Waals surface area (Å²) in [6, 6.07) is 0. The van der Waals surface area contributed by atoms with Crippen LogP contribution in [0.5, 0.6) is 0 Å². The summed E-state index contributed by atoms with van der Waals surface area (Å²) in [5, 5.41) is 8.55. The van der Waals surface area contributed by atoms with E-state index in [4.69, 9.17) is 5.11 Å². The number of rotatable bonds is 2. The molecule has 0 aliphatic heterocycles. The molecule has 62 valence electrons. The van der Waals surface area contributed by atoms with Crippen molar-refractivity contribution in [1.82, 2.24) is 4.72 Å². The average molecular weight is 165 g/mol. The van der Waals surface area contributed by atoms with Gasteiger partial charge in [0, 0.05) is 6.92 Å². The van der Waals surface area contributed by atoms with Crippen LogP contribution < -0.4 is 4.72 Å². The highest BCUT2D eigenvalue weighted by Gasteiger charge is 1.94. The normalized spacial score (nSPS) is 10.9. The van der Waals surface area contributed by atoms with Crippen LogP contribution in [-0.2, 0) is 4.79 Å². The summed E-state index contributed by atoms with van der Waals surface area (Å²) >= 11 is 0.995. The van der Waals surface area contributed by atoms with Gasteiger partial charge in [-0.25, -0.2) is 0 Å². The lowest BCUT2D eigenvalue weighted by Gasteiger charge is -2.00. The molecule has 3 nitrogen and oxygen atoms in total. The third-order valence-corrected chi connectivity index (χ3v) is 1.12. The summed E-state index contributed by atoms with van der Waals surface area (Å²) in [6.07, 6.45) is 0. The van der Waals surface area contributed by atoms with Crippen LogP contribution in [0.1, 0.15) is 27.7 Å². The Morgan fingerprint density at radius 1 is 1.60 bits per heavy atom. The minimum atomic E-state index is -0.529. The Kier molecular flexibility index (Phi) is 10.9. The molecule has 0 saturated heterocycles. The molecular formula is C6H15NO2S. The highest BCUT2D eigenvalue weighted by molar-refractivity contribution is 7.98. The predicted molar refractivity (Wildman–Crippen MR) is 44.4 cm³/mol. The van der Waals surface area contributed by atoms with E-state index in [1.165, 1.54) is 6.92 Å². The van der Waals surface area contributed by atoms with E-state index in [-0.39, 0.29) is 5.91 Å². The van der Waals surface area contributed by atoms with Crippen molar-refractivity contribution in [1.29, 1.82) is 0 Å². The third-order valence-electron chi connectivity index (χ3n) is 0.373. The van der Waals surface area contributed by atoms with Crippen LogP contribution in [0.4, 0.5) is 0 Å². The molecule has 2 N–H and O–H groups in total. The molecule has 0 aromatic carbocycles. The van der Waals surface area contributed by atoms with E-state index in [0.717, 1.165) is 11.9 Å². The summed E-state index contributed by atoms with van der Waals surface area (Å²) in [5.41, 5.74) is -0.529. The third kappa shape index (κ3) is 15.7. The number of hydrogen-bond donors (Lipinski definition) is 2. The average Bonchev–Trinajstić information content (AvgIpc) is 1.89. The van der Waals surface area contributed by atoms with E-state index in [1.54, 1.807) is 6.92 Å². The molecule has 0 aliphatic rings. The second kappa shape index (κ2) is 8.78. The Morgan fingerprint density at radius 2 is 2.00 bits per heavy atom. The number of carbonyl (C=O) groups is 1. The van der Waals surface area contributed by atoms with Crippen molar-refractivity contribution in [3.8, 4) is 0 Å². The minimum absolute atomic E-state index is 0.143. The van der Waals surface area contributed by atoms with Gasteiger partial charge in [0.15, 0.2) is 0 Å². The molecule has 0 rings (SSSR count). The monoisotopic (exact) mass is 165 g/mol. The van der Waals surface area contributed by atoms with Gasteiger partial charge in [-0.05, 0) is 18.9 Å². The quantitative estimate of drug-likeness (QED) is 0.476. The van der Waals surface area contributed by atoms with Crippen molar-refractivity contribution >= 4 is 17.9 Å². The first-order valence-corrected chi connectivity index (χ1v) is 4.11. The fraction of sp³-hybridized carbons (Fsp3) is 0.833. The molecule has 0 bridgehead atoms. The molecule has 0 spiro atoms. The second-order valence-electron chi connectivity index (χ2n) is 1.38. The summed E-state index contributed by atoms with van der Waals surface area (Å²) in [4.78, 5) is 10.1. The van der Waals surface area contributed by atoms with Crippen LogP contribution in [0.3, 0.4) is 0 Å². The predicted octanol–water partition coefficient (Wildman–Crippen LogP) is 1.14. The van der Waals surface area contributed by atoms with Crippen molar-refractivity contribution in [3.05, 3.63) is 0 Å². The van der Waals surface area contributed by atoms with E-state index < -0.39 is 5.44 Å². The zero-order valence-electron chi connectivity index (χ0n) is 6.84. The van der Waals surface area contributed by atoms with E-state index in [1.807, 2.05) is 13.8 Å². The minimum Gasteiger partial charge on any atom is -0.381 e. The van der Waals surface area contributed by atoms with Crippen LogP contribution in [0.15, 0.2) is 0 Å². The molecule has 0 aliphatic carbocycles. The van der Waals surface area contributed by atoms with Gasteiger partial charge in [-0.3, -0.25) is 9.52 Å². The first-order chi connectivity index (χ1) is 4.63. The molecule has 10 heavy (non-hydrogen) atoms. The molecule has 4 heteroatoms. The lowest BCUT2D eigenvalue weighted by molar-refractivity contribution is -0.117. The van der Waals surface area contributed by atoms with Crippen molar-refractivity contribution in [2.24, 2.45) is 0 Å². The highest BCUT2D eigenvalue weighted by atomic mass is 32.2. The Morgan fingerprint density at radius 3 is 2.10 bits per heavy atom. The van der Waals surface area contributed by atoms with Crippen LogP contribution in [0.2, 0.25) is 0 Å². The van der Waals surface area contributed by atoms with Gasteiger partial charge in [0.2, 0.25) is 5.91 Å². The molecular weight excluding hydrogens is 150 g/mol. The van der Waals surface area contributed by atoms with E-state index in [0.29, 0.717) is 0 Å². The standard InChI is InChI=1S/C4H9NO2S.C2H6/c1-3(6)5-8-4(2)7;1-2/h4,7H,1-2H3,(H,5,6);1-2H3. The van der Waals surface area contributed by atoms with Gasteiger partial charge >= 0.3 is 0 Å². The molecule has 0 saturated carbocycles. The Labute approximate surface area is 66.3 Å². The van der Waals surface area contributed by atoms with Gasteiger partial charge in [0.05, 0.1) is 0 Å². The molecule has 1 amide bonds. The first kappa shape index (κ1) is 12.5. The van der Waals surface area contributed by atoms with Gasteiger partial charge in [0.25, 0.3) is 0 Å². The van der Waals surface area contributed by atoms with E-state index >= 15 is 0 Å². The van der Waals surface area contributed by atoms with Gasteiger partial charge in [-0.15, -0.1) is 0 Å². The summed E-state index contributed by atoms with van der Waals surface area (Å²) in [6.45, 7) is 6.98. The fourth-order valence-corrected chi connectivity index (χ4v) is 0.505. The van der Waals surface area contributed by atoms with Crippen LogP contribution in [-0.4, -0.2) is 16.4 Å². The molecule has 0 heterocycles. The van der Waals surface area contributed by atoms with Crippen LogP contribution >= 0.6 is 11.9 Å². The van der Waals surface area contributed by atoms with Gasteiger partial charge < -0.3 is 5.11 Å². The zero-order valence-corrected chi connectivity index (χ0v) is 7.66. The first-order valence-electron chi connectivity index (χ1n) is 3.23. The van der Waals surface area contributed by atoms with Gasteiger partial charge in [0.1, 0.15) is 5.44 Å². The second-order valence-corrected chi connectivity index (χ2v) is 2.50. The van der Waals surface area contributed by atoms with Crippen LogP contribution in [0.25, 0.3) is 0 Å². The van der Waals surface area contributed by atoms with Crippen molar-refractivity contribution in [3.63, 3.8) is 0 Å². The van der Waals surface area contributed by atoms with Gasteiger partial charge in [-0.1, -0.05) is 13.8 Å². The summed E-state index contributed by atoms with van der Waals surface area (Å²) < 4.78 is 2.37. The highest BCUT2D eigenvalue weighted by Crippen LogP contribution is 1.98. The Bertz CT molecular complexity index is 85.8. The molecule has 0 aromatic heterocycles. The number of nitrogens with one attached hydrogen (secondary N) is 1. The van der Waals surface area contributed by atoms with Crippen LogP contribution in [0, 0.1) is 0 Å². The number of hydrogen-bond acceptors (Lipinski definition) is 3. The number of aliphatic hydroxyl groups is 1. The lowest BCUT2D eigenvalue weighted by atomic mass is 10.8. The molecule has 1 atom stereocenters. The molecule has 0 aromatic rings. The lowest BCUT2D eigenvalue weighted by Crippen LogP contribution is -2.14. The fourth-order valence-electron chi connectivity index (χ4n) is 0.168. The maximum Gasteiger partial charge on any atom is 0.226 e. The van der Waals surface area contributed by atoms with Crippen molar-refractivity contribution in [2.75, 3.05) is 0 Å². The summed E-state index contributed by atoms with van der Waals surface area (Å²) in [7, 11) is 0. The summed E-state index contributed by atoms with van der Waals surface area (Å²) in [5.74, 6) is -0.143. The molecule has 1 unspecified atom stereocenters. The van der Waals surface area contributed by atoms with Gasteiger partial charge in [-0.2, -0.15) is 0 Å². The largest absolute Gasteiger partial charge is 0.381 e. The number of carbonyl (C=O) groups excluding carboxylic acids is 1. The maximum absolute atomic E-state index is 10.1. The SMILES string of the molecule is CC.CC(=O)NSC(C)O. The van der Waals surface area contributed by atoms with E-state index in [9.17, 15) is 4.79 Å². The van der Waals surface area contributed by atoms with Crippen molar-refractivity contribution < 1.29 is 9.90 Å². The number of aliphatic hydroxyl groups excluding tert-OH is 1. The zero-order chi connectivity index (χ0) is 8.57. The Hall–Kier alpha value is -0.220.